The molecule has 2 heterocycles. The lowest BCUT2D eigenvalue weighted by Gasteiger charge is -2.29. The van der Waals surface area contributed by atoms with Crippen LogP contribution in [0.15, 0.2) is 18.2 Å². The number of aliphatic hydroxyl groups is 1. The van der Waals surface area contributed by atoms with Crippen molar-refractivity contribution in [2.75, 3.05) is 0 Å². The predicted octanol–water partition coefficient (Wildman–Crippen LogP) is 4.48. The Morgan fingerprint density at radius 2 is 1.93 bits per heavy atom. The van der Waals surface area contributed by atoms with E-state index in [0.717, 1.165) is 31.2 Å². The first-order valence-electron chi connectivity index (χ1n) is 10.9. The number of hydrogen-bond donors (Lipinski definition) is 1. The van der Waals surface area contributed by atoms with E-state index in [1.807, 2.05) is 19.9 Å². The van der Waals surface area contributed by atoms with Gasteiger partial charge in [-0.15, -0.1) is 0 Å². The third-order valence-electron chi connectivity index (χ3n) is 5.69. The Morgan fingerprint density at radius 3 is 2.66 bits per heavy atom. The van der Waals surface area contributed by atoms with E-state index in [4.69, 9.17) is 18.9 Å². The minimum absolute atomic E-state index is 0.193. The van der Waals surface area contributed by atoms with Crippen LogP contribution in [-0.4, -0.2) is 41.6 Å². The molecule has 3 rings (SSSR count). The Kier molecular flexibility index (Phi) is 7.68. The molecule has 0 aromatic heterocycles. The molecule has 1 aromatic carbocycles. The lowest BCUT2D eigenvalue weighted by Crippen LogP contribution is -2.42. The normalized spacial score (nSPS) is 29.2. The van der Waals surface area contributed by atoms with Crippen molar-refractivity contribution in [3.63, 3.8) is 0 Å². The molecule has 2 aliphatic heterocycles. The summed E-state index contributed by atoms with van der Waals surface area (Å²) in [5.41, 5.74) is 1.54. The van der Waals surface area contributed by atoms with Crippen LogP contribution in [-0.2, 0) is 32.0 Å². The molecule has 2 saturated heterocycles. The summed E-state index contributed by atoms with van der Waals surface area (Å²) in [4.78, 5) is 0. The van der Waals surface area contributed by atoms with Gasteiger partial charge in [-0.05, 0) is 50.3 Å². The van der Waals surface area contributed by atoms with E-state index in [2.05, 4.69) is 13.8 Å². The number of halogens is 1. The van der Waals surface area contributed by atoms with Crippen molar-refractivity contribution in [1.82, 2.24) is 0 Å². The van der Waals surface area contributed by atoms with Crippen LogP contribution in [0.5, 0.6) is 0 Å². The molecule has 164 valence electrons. The summed E-state index contributed by atoms with van der Waals surface area (Å²) in [5, 5.41) is 10.7. The lowest BCUT2D eigenvalue weighted by atomic mass is 10.00. The number of fused-ring (bicyclic) bond motifs is 1. The van der Waals surface area contributed by atoms with E-state index in [1.54, 1.807) is 6.07 Å². The van der Waals surface area contributed by atoms with Crippen molar-refractivity contribution in [3.05, 3.63) is 35.1 Å². The highest BCUT2D eigenvalue weighted by Crippen LogP contribution is 2.40. The number of benzene rings is 1. The van der Waals surface area contributed by atoms with Gasteiger partial charge in [0.1, 0.15) is 24.1 Å². The van der Waals surface area contributed by atoms with Gasteiger partial charge in [0.15, 0.2) is 12.1 Å². The molecule has 2 fully saturated rings. The van der Waals surface area contributed by atoms with Gasteiger partial charge in [0.2, 0.25) is 0 Å². The summed E-state index contributed by atoms with van der Waals surface area (Å²) >= 11 is 0. The summed E-state index contributed by atoms with van der Waals surface area (Å²) in [6, 6.07) is 5.11. The molecule has 0 saturated carbocycles. The zero-order valence-corrected chi connectivity index (χ0v) is 18.0. The molecule has 1 N–H and O–H groups in total. The van der Waals surface area contributed by atoms with E-state index in [-0.39, 0.29) is 12.4 Å². The third kappa shape index (κ3) is 5.36. The van der Waals surface area contributed by atoms with E-state index in [1.165, 1.54) is 6.07 Å². The lowest BCUT2D eigenvalue weighted by molar-refractivity contribution is -0.230. The van der Waals surface area contributed by atoms with Crippen LogP contribution >= 0.6 is 0 Å². The summed E-state index contributed by atoms with van der Waals surface area (Å²) in [6.07, 6.45) is 2.49. The fourth-order valence-corrected chi connectivity index (χ4v) is 4.14. The molecule has 0 spiro atoms. The molecule has 0 bridgehead atoms. The number of aliphatic hydroxyl groups excluding tert-OH is 1. The highest BCUT2D eigenvalue weighted by molar-refractivity contribution is 5.28. The van der Waals surface area contributed by atoms with Gasteiger partial charge in [-0.2, -0.15) is 0 Å². The van der Waals surface area contributed by atoms with Crippen molar-refractivity contribution in [2.24, 2.45) is 0 Å². The minimum Gasteiger partial charge on any atom is -0.390 e. The fraction of sp³-hybridized carbons (Fsp3) is 0.739. The second-order valence-electron chi connectivity index (χ2n) is 8.54. The van der Waals surface area contributed by atoms with E-state index in [9.17, 15) is 9.50 Å². The Labute approximate surface area is 173 Å². The highest BCUT2D eigenvalue weighted by Gasteiger charge is 2.56. The Balaban J connectivity index is 1.74. The minimum atomic E-state index is -0.762. The van der Waals surface area contributed by atoms with Crippen LogP contribution < -0.4 is 0 Å². The Morgan fingerprint density at radius 1 is 1.17 bits per heavy atom. The van der Waals surface area contributed by atoms with Gasteiger partial charge in [-0.1, -0.05) is 45.2 Å². The van der Waals surface area contributed by atoms with Crippen LogP contribution in [0.25, 0.3) is 0 Å². The first kappa shape index (κ1) is 22.6. The van der Waals surface area contributed by atoms with Crippen LogP contribution in [0.1, 0.15) is 70.9 Å². The maximum Gasteiger partial charge on any atom is 0.190 e. The molecule has 2 aliphatic rings. The summed E-state index contributed by atoms with van der Waals surface area (Å²) < 4.78 is 38.5. The van der Waals surface area contributed by atoms with Gasteiger partial charge in [0.05, 0.1) is 12.7 Å². The average Bonchev–Trinajstić information content (AvgIpc) is 3.15. The van der Waals surface area contributed by atoms with Crippen molar-refractivity contribution >= 4 is 0 Å². The molecule has 6 heteroatoms. The first-order valence-corrected chi connectivity index (χ1v) is 10.9. The molecule has 0 aliphatic carbocycles. The van der Waals surface area contributed by atoms with Crippen molar-refractivity contribution < 1.29 is 28.4 Å². The average molecular weight is 411 g/mol. The SMILES string of the molecule is CCCCc1c(F)cccc1CO[C@@H]1[C@H]2OC(C)(C)O[C@H]2O[C@@H]1[C@@H](O)CCCC. The maximum absolute atomic E-state index is 14.4. The van der Waals surface area contributed by atoms with Crippen LogP contribution in [0.2, 0.25) is 0 Å². The summed E-state index contributed by atoms with van der Waals surface area (Å²) in [5.74, 6) is -0.956. The molecule has 0 amide bonds. The van der Waals surface area contributed by atoms with Gasteiger partial charge in [0, 0.05) is 0 Å². The van der Waals surface area contributed by atoms with Gasteiger partial charge in [-0.25, -0.2) is 4.39 Å². The van der Waals surface area contributed by atoms with E-state index in [0.29, 0.717) is 18.4 Å². The smallest absolute Gasteiger partial charge is 0.190 e. The molecular weight excluding hydrogens is 375 g/mol. The monoisotopic (exact) mass is 410 g/mol. The largest absolute Gasteiger partial charge is 0.390 e. The molecule has 5 nitrogen and oxygen atoms in total. The molecule has 0 radical (unpaired) electrons. The van der Waals surface area contributed by atoms with Gasteiger partial charge >= 0.3 is 0 Å². The third-order valence-corrected chi connectivity index (χ3v) is 5.69. The second-order valence-corrected chi connectivity index (χ2v) is 8.54. The fourth-order valence-electron chi connectivity index (χ4n) is 4.14. The molecule has 5 atom stereocenters. The molecular formula is C23H35FO5. The number of hydrogen-bond acceptors (Lipinski definition) is 5. The highest BCUT2D eigenvalue weighted by atomic mass is 19.1. The number of unbranched alkanes of at least 4 members (excludes halogenated alkanes) is 2. The zero-order valence-electron chi connectivity index (χ0n) is 18.0. The number of rotatable bonds is 10. The van der Waals surface area contributed by atoms with Crippen LogP contribution in [0, 0.1) is 5.82 Å². The quantitative estimate of drug-likeness (QED) is 0.616. The molecule has 29 heavy (non-hydrogen) atoms. The summed E-state index contributed by atoms with van der Waals surface area (Å²) in [7, 11) is 0. The van der Waals surface area contributed by atoms with Crippen LogP contribution in [0.3, 0.4) is 0 Å². The topological polar surface area (TPSA) is 57.2 Å². The van der Waals surface area contributed by atoms with Gasteiger partial charge < -0.3 is 24.1 Å². The first-order chi connectivity index (χ1) is 13.9. The second kappa shape index (κ2) is 9.84. The standard InChI is InChI=1S/C23H35FO5/c1-5-7-11-16-15(10-9-12-17(16)24)14-26-20-19(18(25)13-8-6-2)27-22-21(20)28-23(3,4)29-22/h9-10,12,18-22,25H,5-8,11,13-14H2,1-4H3/t18-,19+,20-,21+,22+/m0/s1. The maximum atomic E-state index is 14.4. The van der Waals surface area contributed by atoms with Gasteiger partial charge in [-0.3, -0.25) is 0 Å². The zero-order chi connectivity index (χ0) is 21.0. The van der Waals surface area contributed by atoms with E-state index >= 15 is 0 Å². The van der Waals surface area contributed by atoms with Gasteiger partial charge in [0.25, 0.3) is 0 Å². The Bertz CT molecular complexity index is 665. The van der Waals surface area contributed by atoms with Crippen molar-refractivity contribution in [1.29, 1.82) is 0 Å². The predicted molar refractivity (Wildman–Crippen MR) is 108 cm³/mol. The number of ether oxygens (including phenoxy) is 4. The molecule has 0 unspecified atom stereocenters. The Hall–Kier alpha value is -1.05. The van der Waals surface area contributed by atoms with E-state index < -0.39 is 36.5 Å². The van der Waals surface area contributed by atoms with Crippen molar-refractivity contribution in [3.8, 4) is 0 Å². The summed E-state index contributed by atoms with van der Waals surface area (Å²) in [6.45, 7) is 8.10. The molecule has 1 aromatic rings. The van der Waals surface area contributed by atoms with Crippen LogP contribution in [0.4, 0.5) is 4.39 Å². The van der Waals surface area contributed by atoms with Crippen molar-refractivity contribution in [2.45, 2.75) is 109 Å².